The van der Waals surface area contributed by atoms with E-state index in [2.05, 4.69) is 42.7 Å². The number of pyridine rings is 4. The summed E-state index contributed by atoms with van der Waals surface area (Å²) in [7, 11) is 0. The fourth-order valence-corrected chi connectivity index (χ4v) is 6.62. The Bertz CT molecular complexity index is 2940. The van der Waals surface area contributed by atoms with E-state index in [4.69, 9.17) is 15.7 Å². The fraction of sp³-hybridized carbons (Fsp3) is 0.0455. The van der Waals surface area contributed by atoms with E-state index in [-0.39, 0.29) is 24.4 Å². The van der Waals surface area contributed by atoms with Gasteiger partial charge in [0.2, 0.25) is 5.91 Å². The number of nitrogens with two attached hydrogens (primary N) is 1. The van der Waals surface area contributed by atoms with Gasteiger partial charge in [0, 0.05) is 39.9 Å². The van der Waals surface area contributed by atoms with E-state index in [1.807, 2.05) is 84.9 Å². The van der Waals surface area contributed by atoms with Crippen molar-refractivity contribution < 1.29 is 33.6 Å². The number of hydrogen-bond acceptors (Lipinski definition) is 11. The van der Waals surface area contributed by atoms with Crippen LogP contribution in [0.25, 0.3) is 66.6 Å². The minimum absolute atomic E-state index is 0. The van der Waals surface area contributed by atoms with Crippen molar-refractivity contribution in [2.24, 2.45) is 5.73 Å². The molecule has 0 fully saturated rings. The molecule has 0 aliphatic heterocycles. The Morgan fingerprint density at radius 2 is 0.983 bits per heavy atom. The fourth-order valence-electron chi connectivity index (χ4n) is 6.62. The number of hydrogen-bond donors (Lipinski definition) is 1. The Morgan fingerprint density at radius 3 is 1.42 bits per heavy atom. The number of primary amides is 1. The Labute approximate surface area is 347 Å². The Balaban J connectivity index is 0.000000161. The van der Waals surface area contributed by atoms with Crippen molar-refractivity contribution in [1.29, 1.82) is 0 Å². The second-order valence-corrected chi connectivity index (χ2v) is 13.4. The van der Waals surface area contributed by atoms with Gasteiger partial charge in [0.1, 0.15) is 11.0 Å². The summed E-state index contributed by atoms with van der Waals surface area (Å²) in [5.41, 5.74) is 16.0. The van der Waals surface area contributed by atoms with Crippen LogP contribution >= 0.6 is 0 Å². The molecule has 0 radical (unpaired) electrons. The van der Waals surface area contributed by atoms with E-state index < -0.39 is 11.9 Å². The van der Waals surface area contributed by atoms with Crippen LogP contribution < -0.4 is 29.7 Å². The zero-order valence-corrected chi connectivity index (χ0v) is 31.5. The third-order valence-corrected chi connectivity index (χ3v) is 9.60. The molecule has 6 aromatic heterocycles. The average Bonchev–Trinajstić information content (AvgIpc) is 3.86. The molecule has 59 heavy (non-hydrogen) atoms. The number of carbonyl (C=O) groups excluding carboxylic acids is 2. The average molecular weight is 768 g/mol. The van der Waals surface area contributed by atoms with Gasteiger partial charge >= 0.3 is 18.9 Å². The van der Waals surface area contributed by atoms with E-state index in [0.29, 0.717) is 41.2 Å². The molecule has 14 nitrogen and oxygen atoms in total. The summed E-state index contributed by atoms with van der Waals surface area (Å²) in [4.78, 5) is 40.4. The third kappa shape index (κ3) is 8.12. The first-order chi connectivity index (χ1) is 28.3. The van der Waals surface area contributed by atoms with Crippen molar-refractivity contribution in [3.05, 3.63) is 168 Å². The molecule has 6 heterocycles. The van der Waals surface area contributed by atoms with Gasteiger partial charge in [0.25, 0.3) is 0 Å². The number of carboxylic acid groups (broad SMARTS) is 1. The second kappa shape index (κ2) is 16.4. The van der Waals surface area contributed by atoms with Gasteiger partial charge in [-0.3, -0.25) is 14.8 Å². The molecule has 1 amide bonds. The molecule has 0 saturated carbocycles. The maximum atomic E-state index is 11.3. The maximum absolute atomic E-state index is 11.3. The topological polar surface area (TPSA) is 196 Å². The zero-order valence-electron chi connectivity index (χ0n) is 31.5. The summed E-state index contributed by atoms with van der Waals surface area (Å²) < 4.78 is 3.54. The van der Waals surface area contributed by atoms with Gasteiger partial charge in [-0.25, -0.2) is 19.3 Å². The number of rotatable bonds is 8. The van der Waals surface area contributed by atoms with E-state index in [0.717, 1.165) is 55.3 Å². The first-order valence-corrected chi connectivity index (χ1v) is 18.1. The molecule has 4 aromatic carbocycles. The molecular weight excluding hydrogens is 737 g/mol. The minimum atomic E-state index is -1.20. The van der Waals surface area contributed by atoms with Gasteiger partial charge in [-0.1, -0.05) is 71.1 Å². The van der Waals surface area contributed by atoms with E-state index in [1.54, 1.807) is 46.0 Å². The number of aromatic carboxylic acids is 1. The molecule has 0 aliphatic carbocycles. The number of amides is 1. The molecule has 0 bridgehead atoms. The number of aromatic nitrogens is 10. The van der Waals surface area contributed by atoms with Crippen molar-refractivity contribution >= 4 is 56.0 Å². The van der Waals surface area contributed by atoms with Gasteiger partial charge in [-0.05, 0) is 89.5 Å². The maximum Gasteiger partial charge on any atom is 1.00 e. The number of benzene rings is 4. The normalized spacial score (nSPS) is 11.0. The van der Waals surface area contributed by atoms with Crippen LogP contribution in [0.5, 0.6) is 0 Å². The molecule has 2 N–H and O–H groups in total. The van der Waals surface area contributed by atoms with Gasteiger partial charge < -0.3 is 15.6 Å². The summed E-state index contributed by atoms with van der Waals surface area (Å²) in [6, 6.07) is 41.1. The van der Waals surface area contributed by atoms with Crippen molar-refractivity contribution in [2.75, 3.05) is 0 Å². The molecule has 10 rings (SSSR count). The van der Waals surface area contributed by atoms with Gasteiger partial charge in [-0.15, -0.1) is 10.2 Å². The summed E-state index contributed by atoms with van der Waals surface area (Å²) in [6.07, 6.45) is 3.56. The Hall–Kier alpha value is -7.66. The number of nitrogens with zero attached hydrogens (tertiary/aromatic N) is 10. The molecule has 0 aliphatic rings. The number of fused-ring (bicyclic) bond motifs is 4. The molecule has 15 heteroatoms. The van der Waals surface area contributed by atoms with Crippen LogP contribution in [0.4, 0.5) is 0 Å². The largest absolute Gasteiger partial charge is 1.00 e. The molecular formula is C44H30LiN11O3. The summed E-state index contributed by atoms with van der Waals surface area (Å²) >= 11 is 0. The Kier molecular flexibility index (Phi) is 10.6. The predicted octanol–water partition coefficient (Wildman–Crippen LogP) is 2.65. The van der Waals surface area contributed by atoms with Crippen molar-refractivity contribution in [1.82, 2.24) is 49.9 Å². The van der Waals surface area contributed by atoms with Crippen molar-refractivity contribution in [3.63, 3.8) is 0 Å². The molecule has 10 aromatic rings. The first kappa shape index (κ1) is 38.2. The number of carbonyl (C=O) groups is 2. The van der Waals surface area contributed by atoms with Crippen LogP contribution in [0, 0.1) is 0 Å². The second-order valence-electron chi connectivity index (χ2n) is 13.4. The summed E-state index contributed by atoms with van der Waals surface area (Å²) in [5.74, 6) is -1.65. The van der Waals surface area contributed by atoms with E-state index in [9.17, 15) is 14.7 Å². The summed E-state index contributed by atoms with van der Waals surface area (Å²) in [5, 5.41) is 30.0. The summed E-state index contributed by atoms with van der Waals surface area (Å²) in [6.45, 7) is 1.08. The molecule has 280 valence electrons. The van der Waals surface area contributed by atoms with Gasteiger partial charge in [-0.2, -0.15) is 0 Å². The molecule has 0 spiro atoms. The van der Waals surface area contributed by atoms with Crippen molar-refractivity contribution in [2.45, 2.75) is 13.1 Å². The zero-order chi connectivity index (χ0) is 39.6. The molecule has 0 atom stereocenters. The Morgan fingerprint density at radius 1 is 0.542 bits per heavy atom. The monoisotopic (exact) mass is 767 g/mol. The van der Waals surface area contributed by atoms with Crippen LogP contribution in [0.1, 0.15) is 31.8 Å². The first-order valence-electron chi connectivity index (χ1n) is 18.1. The van der Waals surface area contributed by atoms with Crippen LogP contribution in [-0.2, 0) is 13.1 Å². The minimum Gasteiger partial charge on any atom is -0.545 e. The van der Waals surface area contributed by atoms with Crippen LogP contribution in [-0.4, -0.2) is 61.8 Å². The van der Waals surface area contributed by atoms with Crippen molar-refractivity contribution in [3.8, 4) is 22.5 Å². The standard InChI is InChI=1S/C22H16N6O.C22H15N5O2.Li/c23-21(29)16-6-4-15(5-7-16)19-9-10-20-22(25-19)28(27-26-20)13-14-3-8-18-17(12-14)2-1-11-24-18;28-22(29)16-6-4-15(5-7-16)19-9-10-20-21(24-19)27(26-25-20)13-14-3-8-18-17(12-14)2-1-11-23-18;/h1-12H,13H2,(H2,23,29);1-12H,13H2,(H,28,29);/q;;+1/p-1. The molecule has 0 unspecified atom stereocenters. The third-order valence-electron chi connectivity index (χ3n) is 9.60. The molecule has 0 saturated heterocycles. The SMILES string of the molecule is NC(=O)c1ccc(-c2ccc3nnn(Cc4ccc5ncccc5c4)c3n2)cc1.O=C([O-])c1ccc(-c2ccc3nnn(Cc4ccc5ncccc5c4)c3n2)cc1.[Li+]. The van der Waals surface area contributed by atoms with Crippen LogP contribution in [0.2, 0.25) is 0 Å². The van der Waals surface area contributed by atoms with E-state index >= 15 is 0 Å². The van der Waals surface area contributed by atoms with Gasteiger partial charge in [0.05, 0.1) is 41.5 Å². The van der Waals surface area contributed by atoms with E-state index in [1.165, 1.54) is 12.1 Å². The van der Waals surface area contributed by atoms with Gasteiger partial charge in [0.15, 0.2) is 11.3 Å². The number of carboxylic acids is 1. The van der Waals surface area contributed by atoms with Crippen LogP contribution in [0.3, 0.4) is 0 Å². The smallest absolute Gasteiger partial charge is 0.545 e. The predicted molar refractivity (Wildman–Crippen MR) is 216 cm³/mol. The quantitative estimate of drug-likeness (QED) is 0.223. The van der Waals surface area contributed by atoms with Crippen LogP contribution in [0.15, 0.2) is 146 Å².